The molecule has 2 heterocycles. The number of amides is 1. The van der Waals surface area contributed by atoms with E-state index in [-0.39, 0.29) is 19.1 Å². The predicted molar refractivity (Wildman–Crippen MR) is 144 cm³/mol. The minimum Gasteiger partial charge on any atom is -0.449 e. The Hall–Kier alpha value is -3.69. The van der Waals surface area contributed by atoms with Crippen molar-refractivity contribution in [2.24, 2.45) is 0 Å². The quantitative estimate of drug-likeness (QED) is 0.478. The first kappa shape index (κ1) is 25.0. The van der Waals surface area contributed by atoms with Crippen LogP contribution in [0.2, 0.25) is 0 Å². The monoisotopic (exact) mass is 498 g/mol. The molecule has 3 N–H and O–H groups in total. The highest BCUT2D eigenvalue weighted by atomic mass is 16.7. The molecule has 0 radical (unpaired) electrons. The van der Waals surface area contributed by atoms with E-state index in [4.69, 9.17) is 19.8 Å². The lowest BCUT2D eigenvalue weighted by Gasteiger charge is -2.32. The van der Waals surface area contributed by atoms with Crippen LogP contribution < -0.4 is 11.1 Å². The number of rotatable bonds is 6. The van der Waals surface area contributed by atoms with Crippen LogP contribution in [-0.2, 0) is 14.0 Å². The van der Waals surface area contributed by atoms with Crippen LogP contribution in [0.5, 0.6) is 0 Å². The van der Waals surface area contributed by atoms with Gasteiger partial charge in [0.25, 0.3) is 0 Å². The molecule has 3 aromatic rings. The number of nitrogens with zero attached hydrogens (tertiary/aromatic N) is 2. The summed E-state index contributed by atoms with van der Waals surface area (Å²) in [5, 5.41) is 2.86. The van der Waals surface area contributed by atoms with Crippen LogP contribution in [0.1, 0.15) is 50.4 Å². The molecule has 1 aliphatic carbocycles. The number of ether oxygens (including phenoxy) is 1. The number of nitrogens with two attached hydrogens (primary N) is 1. The summed E-state index contributed by atoms with van der Waals surface area (Å²) >= 11 is 0. The largest absolute Gasteiger partial charge is 0.492 e. The molecule has 0 saturated carbocycles. The Balaban J connectivity index is 1.29. The van der Waals surface area contributed by atoms with Gasteiger partial charge in [0, 0.05) is 12.5 Å². The Labute approximate surface area is 217 Å². The van der Waals surface area contributed by atoms with Crippen molar-refractivity contribution in [2.45, 2.75) is 44.8 Å². The minimum absolute atomic E-state index is 0.0127. The number of carbonyl (C=O) groups is 1. The fourth-order valence-electron chi connectivity index (χ4n) is 4.63. The van der Waals surface area contributed by atoms with Gasteiger partial charge in [0.15, 0.2) is 0 Å². The van der Waals surface area contributed by atoms with E-state index < -0.39 is 24.4 Å². The number of benzene rings is 2. The first-order valence-electron chi connectivity index (χ1n) is 12.4. The van der Waals surface area contributed by atoms with Crippen molar-refractivity contribution in [2.75, 3.05) is 18.9 Å². The summed E-state index contributed by atoms with van der Waals surface area (Å²) in [4.78, 5) is 21.2. The smallest absolute Gasteiger partial charge is 0.449 e. The lowest BCUT2D eigenvalue weighted by atomic mass is 9.77. The third kappa shape index (κ3) is 4.97. The number of carbonyl (C=O) groups excluding carboxylic acids is 1. The maximum Gasteiger partial charge on any atom is 0.492 e. The van der Waals surface area contributed by atoms with Crippen molar-refractivity contribution >= 4 is 25.1 Å². The van der Waals surface area contributed by atoms with Crippen molar-refractivity contribution in [3.05, 3.63) is 83.2 Å². The molecule has 0 unspecified atom stereocenters. The summed E-state index contributed by atoms with van der Waals surface area (Å²) in [6.45, 7) is 8.30. The highest BCUT2D eigenvalue weighted by Crippen LogP contribution is 2.44. The summed E-state index contributed by atoms with van der Waals surface area (Å²) in [6.07, 6.45) is 4.31. The van der Waals surface area contributed by atoms with Crippen LogP contribution in [0.15, 0.2) is 66.4 Å². The van der Waals surface area contributed by atoms with E-state index in [0.717, 1.165) is 11.1 Å². The van der Waals surface area contributed by atoms with Gasteiger partial charge in [0.05, 0.1) is 29.3 Å². The second-order valence-electron chi connectivity index (χ2n) is 10.4. The third-order valence-electron chi connectivity index (χ3n) is 7.36. The van der Waals surface area contributed by atoms with E-state index in [0.29, 0.717) is 17.0 Å². The zero-order valence-electron chi connectivity index (χ0n) is 21.5. The Bertz CT molecular complexity index is 1280. The van der Waals surface area contributed by atoms with E-state index in [1.54, 1.807) is 12.3 Å². The number of aromatic nitrogens is 2. The fraction of sp³-hybridized carbons (Fsp3) is 0.321. The summed E-state index contributed by atoms with van der Waals surface area (Å²) in [5.74, 6) is 0.312. The standard InChI is InChI=1S/C28H31BN4O4/c1-27(2)28(3,4)37-29(36-27)18(13-19-15-32-25(30)16-31-19)14-33-26(34)35-17-24-22-11-7-5-9-20(22)21-10-6-8-12-23(21)24/h5-13,15-16,24H,14,17H2,1-4H3,(H2,30,32)(H,33,34). The number of hydrogen-bond donors (Lipinski definition) is 2. The van der Waals surface area contributed by atoms with Gasteiger partial charge in [0.1, 0.15) is 12.4 Å². The minimum atomic E-state index is -0.668. The summed E-state index contributed by atoms with van der Waals surface area (Å²) in [5.41, 5.74) is 10.6. The number of hydrogen-bond acceptors (Lipinski definition) is 7. The van der Waals surface area contributed by atoms with E-state index in [1.807, 2.05) is 52.0 Å². The molecule has 1 aliphatic heterocycles. The van der Waals surface area contributed by atoms with Gasteiger partial charge < -0.3 is 25.1 Å². The summed E-state index contributed by atoms with van der Waals surface area (Å²) in [6, 6.07) is 16.5. The van der Waals surface area contributed by atoms with E-state index >= 15 is 0 Å². The lowest BCUT2D eigenvalue weighted by Crippen LogP contribution is -2.41. The number of nitrogen functional groups attached to an aromatic ring is 1. The Morgan fingerprint density at radius 2 is 1.59 bits per heavy atom. The maximum absolute atomic E-state index is 12.8. The molecule has 8 nitrogen and oxygen atoms in total. The number of anilines is 1. The first-order valence-corrected chi connectivity index (χ1v) is 12.4. The molecule has 5 rings (SSSR count). The van der Waals surface area contributed by atoms with Crippen LogP contribution in [-0.4, -0.2) is 47.5 Å². The predicted octanol–water partition coefficient (Wildman–Crippen LogP) is 4.61. The second kappa shape index (κ2) is 9.65. The average Bonchev–Trinajstić information content (AvgIpc) is 3.30. The first-order chi connectivity index (χ1) is 17.6. The van der Waals surface area contributed by atoms with Crippen LogP contribution in [0.25, 0.3) is 17.2 Å². The molecule has 0 spiro atoms. The molecule has 37 heavy (non-hydrogen) atoms. The molecule has 1 fully saturated rings. The topological polar surface area (TPSA) is 109 Å². The van der Waals surface area contributed by atoms with Crippen molar-refractivity contribution in [1.82, 2.24) is 15.3 Å². The van der Waals surface area contributed by atoms with Crippen molar-refractivity contribution < 1.29 is 18.8 Å². The maximum atomic E-state index is 12.8. The fourth-order valence-corrected chi connectivity index (χ4v) is 4.63. The van der Waals surface area contributed by atoms with Gasteiger partial charge in [-0.2, -0.15) is 0 Å². The molecule has 0 atom stereocenters. The molecule has 0 bridgehead atoms. The highest BCUT2D eigenvalue weighted by molar-refractivity contribution is 6.56. The second-order valence-corrected chi connectivity index (χ2v) is 10.4. The van der Waals surface area contributed by atoms with Gasteiger partial charge in [-0.15, -0.1) is 0 Å². The zero-order valence-corrected chi connectivity index (χ0v) is 21.5. The van der Waals surface area contributed by atoms with Gasteiger partial charge in [-0.25, -0.2) is 9.78 Å². The average molecular weight is 498 g/mol. The van der Waals surface area contributed by atoms with Gasteiger partial charge in [-0.1, -0.05) is 48.5 Å². The van der Waals surface area contributed by atoms with Gasteiger partial charge in [-0.05, 0) is 61.5 Å². The molecule has 9 heteroatoms. The number of nitrogens with one attached hydrogen (secondary N) is 1. The van der Waals surface area contributed by atoms with Crippen molar-refractivity contribution in [3.8, 4) is 11.1 Å². The number of fused-ring (bicyclic) bond motifs is 3. The molecule has 2 aliphatic rings. The van der Waals surface area contributed by atoms with Crippen molar-refractivity contribution in [3.63, 3.8) is 0 Å². The zero-order chi connectivity index (χ0) is 26.2. The van der Waals surface area contributed by atoms with Gasteiger partial charge >= 0.3 is 13.2 Å². The normalized spacial score (nSPS) is 17.8. The van der Waals surface area contributed by atoms with Crippen LogP contribution in [0.4, 0.5) is 10.6 Å². The lowest BCUT2D eigenvalue weighted by molar-refractivity contribution is 0.00578. The van der Waals surface area contributed by atoms with Crippen molar-refractivity contribution in [1.29, 1.82) is 0 Å². The van der Waals surface area contributed by atoms with Crippen LogP contribution >= 0.6 is 0 Å². The summed E-state index contributed by atoms with van der Waals surface area (Å²) in [7, 11) is -0.668. The van der Waals surface area contributed by atoms with Crippen LogP contribution in [0.3, 0.4) is 0 Å². The molecule has 1 aromatic heterocycles. The molecule has 1 amide bonds. The highest BCUT2D eigenvalue weighted by Gasteiger charge is 2.52. The van der Waals surface area contributed by atoms with Gasteiger partial charge in [-0.3, -0.25) is 4.98 Å². The Morgan fingerprint density at radius 3 is 2.16 bits per heavy atom. The van der Waals surface area contributed by atoms with Crippen LogP contribution in [0, 0.1) is 0 Å². The van der Waals surface area contributed by atoms with E-state index in [9.17, 15) is 4.79 Å². The van der Waals surface area contributed by atoms with Gasteiger partial charge in [0.2, 0.25) is 0 Å². The number of alkyl carbamates (subject to hydrolysis) is 1. The van der Waals surface area contributed by atoms with E-state index in [1.165, 1.54) is 17.3 Å². The molecular formula is C28H31BN4O4. The molecule has 1 saturated heterocycles. The molecule has 190 valence electrons. The third-order valence-corrected chi connectivity index (χ3v) is 7.36. The molecular weight excluding hydrogens is 467 g/mol. The SMILES string of the molecule is CC1(C)OB(C(=Cc2cnc(N)cn2)CNC(=O)OCC2c3ccccc3-c3ccccc32)OC1(C)C. The Kier molecular flexibility index (Phi) is 6.51. The Morgan fingerprint density at radius 1 is 1.00 bits per heavy atom. The van der Waals surface area contributed by atoms with E-state index in [2.05, 4.69) is 39.6 Å². The molecule has 2 aromatic carbocycles. The summed E-state index contributed by atoms with van der Waals surface area (Å²) < 4.78 is 18.1.